The molecule has 1 heterocycles. The van der Waals surface area contributed by atoms with E-state index in [1.807, 2.05) is 0 Å². The number of rotatable bonds is 2. The Balaban J connectivity index is 2.46. The summed E-state index contributed by atoms with van der Waals surface area (Å²) in [6, 6.07) is 0. The van der Waals surface area contributed by atoms with Crippen LogP contribution in [0.1, 0.15) is 12.8 Å². The quantitative estimate of drug-likeness (QED) is 0.657. The second kappa shape index (κ2) is 4.20. The van der Waals surface area contributed by atoms with Crippen LogP contribution in [-0.4, -0.2) is 41.6 Å². The van der Waals surface area contributed by atoms with Gasteiger partial charge in [-0.3, -0.25) is 0 Å². The number of nitrogens with zero attached hydrogens (tertiary/aromatic N) is 1. The second-order valence-electron chi connectivity index (χ2n) is 3.20. The zero-order valence-corrected chi connectivity index (χ0v) is 7.15. The number of piperidine rings is 1. The Kier molecular flexibility index (Phi) is 3.22. The first-order chi connectivity index (χ1) is 6.15. The number of carbonyl (C=O) groups excluding carboxylic acids is 1. The minimum Gasteiger partial charge on any atom is -0.465 e. The lowest BCUT2D eigenvalue weighted by Gasteiger charge is -2.31. The fourth-order valence-electron chi connectivity index (χ4n) is 1.52. The summed E-state index contributed by atoms with van der Waals surface area (Å²) in [6.07, 6.45) is -0.976. The number of carbonyl (C=O) groups is 2. The minimum absolute atomic E-state index is 0.103. The van der Waals surface area contributed by atoms with E-state index in [9.17, 15) is 14.0 Å². The zero-order chi connectivity index (χ0) is 9.84. The third-order valence-corrected chi connectivity index (χ3v) is 2.35. The molecule has 0 spiro atoms. The topological polar surface area (TPSA) is 57.6 Å². The van der Waals surface area contributed by atoms with Gasteiger partial charge in [-0.15, -0.1) is 0 Å². The van der Waals surface area contributed by atoms with Crippen molar-refractivity contribution in [3.8, 4) is 0 Å². The van der Waals surface area contributed by atoms with Gasteiger partial charge in [-0.2, -0.15) is 0 Å². The number of aldehydes is 1. The summed E-state index contributed by atoms with van der Waals surface area (Å²) in [5.74, 6) is -0.298. The normalized spacial score (nSPS) is 28.5. The summed E-state index contributed by atoms with van der Waals surface area (Å²) < 4.78 is 13.2. The van der Waals surface area contributed by atoms with E-state index in [-0.39, 0.29) is 18.9 Å². The van der Waals surface area contributed by atoms with Crippen molar-refractivity contribution < 1.29 is 19.1 Å². The molecule has 1 aliphatic rings. The lowest BCUT2D eigenvalue weighted by Crippen LogP contribution is -2.44. The van der Waals surface area contributed by atoms with Crippen LogP contribution in [0.3, 0.4) is 0 Å². The Morgan fingerprint density at radius 3 is 2.85 bits per heavy atom. The molecular formula is C8H12FNO3. The van der Waals surface area contributed by atoms with Crippen LogP contribution in [0.5, 0.6) is 0 Å². The molecule has 1 amide bonds. The molecule has 0 radical (unpaired) electrons. The molecule has 13 heavy (non-hydrogen) atoms. The van der Waals surface area contributed by atoms with E-state index < -0.39 is 12.3 Å². The van der Waals surface area contributed by atoms with Gasteiger partial charge in [-0.05, 0) is 6.42 Å². The van der Waals surface area contributed by atoms with Crippen molar-refractivity contribution >= 4 is 12.4 Å². The van der Waals surface area contributed by atoms with Gasteiger partial charge in [-0.25, -0.2) is 9.18 Å². The van der Waals surface area contributed by atoms with Crippen LogP contribution in [0.2, 0.25) is 0 Å². The van der Waals surface area contributed by atoms with Crippen molar-refractivity contribution in [2.75, 3.05) is 13.1 Å². The molecule has 1 fully saturated rings. The highest BCUT2D eigenvalue weighted by Gasteiger charge is 2.30. The third kappa shape index (κ3) is 2.40. The van der Waals surface area contributed by atoms with Gasteiger partial charge in [0, 0.05) is 18.9 Å². The third-order valence-electron chi connectivity index (χ3n) is 2.35. The Hall–Kier alpha value is -1.13. The van der Waals surface area contributed by atoms with Gasteiger partial charge in [0.1, 0.15) is 12.5 Å². The molecule has 74 valence electrons. The molecule has 0 bridgehead atoms. The van der Waals surface area contributed by atoms with Crippen LogP contribution in [0.25, 0.3) is 0 Å². The number of alkyl halides is 1. The Morgan fingerprint density at radius 1 is 1.69 bits per heavy atom. The van der Waals surface area contributed by atoms with Crippen LogP contribution in [0.4, 0.5) is 9.18 Å². The molecule has 2 atom stereocenters. The van der Waals surface area contributed by atoms with Crippen LogP contribution in [-0.2, 0) is 4.79 Å². The molecule has 0 aromatic carbocycles. The fraction of sp³-hybridized carbons (Fsp3) is 0.750. The van der Waals surface area contributed by atoms with Gasteiger partial charge in [0.15, 0.2) is 0 Å². The van der Waals surface area contributed by atoms with E-state index in [0.29, 0.717) is 19.3 Å². The van der Waals surface area contributed by atoms with Crippen molar-refractivity contribution in [3.63, 3.8) is 0 Å². The van der Waals surface area contributed by atoms with E-state index >= 15 is 0 Å². The largest absolute Gasteiger partial charge is 0.465 e. The van der Waals surface area contributed by atoms with Crippen molar-refractivity contribution in [3.05, 3.63) is 0 Å². The predicted octanol–water partition coefficient (Wildman–Crippen LogP) is 0.913. The molecule has 0 aromatic rings. The highest BCUT2D eigenvalue weighted by Crippen LogP contribution is 2.22. The number of amides is 1. The zero-order valence-electron chi connectivity index (χ0n) is 7.15. The summed E-state index contributed by atoms with van der Waals surface area (Å²) in [4.78, 5) is 21.6. The number of hydrogen-bond acceptors (Lipinski definition) is 2. The molecule has 1 aliphatic heterocycles. The average molecular weight is 189 g/mol. The van der Waals surface area contributed by atoms with Gasteiger partial charge >= 0.3 is 6.09 Å². The van der Waals surface area contributed by atoms with E-state index in [4.69, 9.17) is 5.11 Å². The molecular weight excluding hydrogens is 177 g/mol. The molecule has 0 aromatic heterocycles. The predicted molar refractivity (Wildman–Crippen MR) is 43.3 cm³/mol. The summed E-state index contributed by atoms with van der Waals surface area (Å²) in [6.45, 7) is 0.224. The molecule has 5 heteroatoms. The Morgan fingerprint density at radius 2 is 2.38 bits per heavy atom. The van der Waals surface area contributed by atoms with E-state index in [2.05, 4.69) is 0 Å². The molecule has 0 saturated carbocycles. The molecule has 1 unspecified atom stereocenters. The van der Waals surface area contributed by atoms with Gasteiger partial charge in [-0.1, -0.05) is 0 Å². The number of hydrogen-bond donors (Lipinski definition) is 1. The number of carboxylic acid groups (broad SMARTS) is 1. The lowest BCUT2D eigenvalue weighted by atomic mass is 9.93. The highest BCUT2D eigenvalue weighted by molar-refractivity contribution is 5.65. The van der Waals surface area contributed by atoms with Crippen LogP contribution < -0.4 is 0 Å². The van der Waals surface area contributed by atoms with Crippen molar-refractivity contribution in [1.29, 1.82) is 0 Å². The fourth-order valence-corrected chi connectivity index (χ4v) is 1.52. The van der Waals surface area contributed by atoms with Gasteiger partial charge in [0.2, 0.25) is 0 Å². The van der Waals surface area contributed by atoms with E-state index in [1.165, 1.54) is 0 Å². The van der Waals surface area contributed by atoms with Crippen LogP contribution in [0.15, 0.2) is 0 Å². The first-order valence-electron chi connectivity index (χ1n) is 4.20. The van der Waals surface area contributed by atoms with Crippen molar-refractivity contribution in [2.45, 2.75) is 19.0 Å². The van der Waals surface area contributed by atoms with Crippen LogP contribution >= 0.6 is 0 Å². The van der Waals surface area contributed by atoms with Gasteiger partial charge < -0.3 is 14.8 Å². The molecule has 1 rings (SSSR count). The number of likely N-dealkylation sites (tertiary alicyclic amines) is 1. The monoisotopic (exact) mass is 189 g/mol. The number of halogens is 1. The Labute approximate surface area is 75.3 Å². The molecule has 1 N–H and O–H groups in total. The molecule has 0 aliphatic carbocycles. The maximum absolute atomic E-state index is 13.2. The smallest absolute Gasteiger partial charge is 0.407 e. The minimum atomic E-state index is -1.20. The maximum atomic E-state index is 13.2. The van der Waals surface area contributed by atoms with Gasteiger partial charge in [0.25, 0.3) is 0 Å². The highest BCUT2D eigenvalue weighted by atomic mass is 19.1. The lowest BCUT2D eigenvalue weighted by molar-refractivity contribution is -0.109. The summed E-state index contributed by atoms with van der Waals surface area (Å²) >= 11 is 0. The summed E-state index contributed by atoms with van der Waals surface area (Å²) in [5, 5.41) is 8.56. The van der Waals surface area contributed by atoms with Crippen molar-refractivity contribution in [1.82, 2.24) is 4.90 Å². The second-order valence-corrected chi connectivity index (χ2v) is 3.20. The maximum Gasteiger partial charge on any atom is 0.407 e. The summed E-state index contributed by atoms with van der Waals surface area (Å²) in [7, 11) is 0. The standard InChI is InChI=1S/C8H12FNO3/c9-7-5-10(8(12)13)3-1-6(7)2-4-11/h4,6-7H,1-3,5H2,(H,12,13)/t6?,7-/m1/s1. The average Bonchev–Trinajstić information content (AvgIpc) is 2.08. The summed E-state index contributed by atoms with van der Waals surface area (Å²) in [5.41, 5.74) is 0. The Bertz CT molecular complexity index is 210. The molecule has 4 nitrogen and oxygen atoms in total. The van der Waals surface area contributed by atoms with Crippen LogP contribution in [0, 0.1) is 5.92 Å². The van der Waals surface area contributed by atoms with Gasteiger partial charge in [0.05, 0.1) is 6.54 Å². The van der Waals surface area contributed by atoms with E-state index in [0.717, 1.165) is 4.90 Å². The first kappa shape index (κ1) is 9.95. The SMILES string of the molecule is O=CCC1CCN(C(=O)O)C[C@H]1F. The van der Waals surface area contributed by atoms with E-state index in [1.54, 1.807) is 0 Å². The first-order valence-corrected chi connectivity index (χ1v) is 4.20. The molecule has 1 saturated heterocycles. The van der Waals surface area contributed by atoms with Crippen molar-refractivity contribution in [2.24, 2.45) is 5.92 Å².